The lowest BCUT2D eigenvalue weighted by Crippen LogP contribution is -2.15. The van der Waals surface area contributed by atoms with E-state index in [2.05, 4.69) is 5.92 Å². The molecule has 2 heteroatoms. The second-order valence-corrected chi connectivity index (χ2v) is 2.50. The van der Waals surface area contributed by atoms with Crippen molar-refractivity contribution >= 4 is 0 Å². The van der Waals surface area contributed by atoms with Crippen LogP contribution in [-0.2, 0) is 0 Å². The summed E-state index contributed by atoms with van der Waals surface area (Å²) in [6.45, 7) is 2.91. The first-order valence-corrected chi connectivity index (χ1v) is 3.32. The molecule has 0 saturated heterocycles. The third kappa shape index (κ3) is 3.45. The SMILES string of the molecule is C#CC(C)CC(F)C(C)F. The van der Waals surface area contributed by atoms with E-state index in [0.29, 0.717) is 0 Å². The molecular formula is C8H12F2. The van der Waals surface area contributed by atoms with Crippen molar-refractivity contribution in [3.05, 3.63) is 0 Å². The molecular weight excluding hydrogens is 134 g/mol. The molecule has 0 rings (SSSR count). The Kier molecular flexibility index (Phi) is 4.02. The second kappa shape index (κ2) is 4.27. The third-order valence-electron chi connectivity index (χ3n) is 1.36. The van der Waals surface area contributed by atoms with E-state index in [-0.39, 0.29) is 12.3 Å². The molecule has 0 bridgehead atoms. The Hall–Kier alpha value is -0.580. The molecule has 0 fully saturated rings. The molecule has 0 aliphatic carbocycles. The first-order valence-electron chi connectivity index (χ1n) is 3.32. The fraction of sp³-hybridized carbons (Fsp3) is 0.750. The molecule has 0 aliphatic rings. The van der Waals surface area contributed by atoms with Crippen molar-refractivity contribution in [3.8, 4) is 12.3 Å². The van der Waals surface area contributed by atoms with Crippen LogP contribution >= 0.6 is 0 Å². The van der Waals surface area contributed by atoms with E-state index in [1.165, 1.54) is 6.92 Å². The van der Waals surface area contributed by atoms with E-state index in [1.54, 1.807) is 6.92 Å². The highest BCUT2D eigenvalue weighted by Gasteiger charge is 2.16. The van der Waals surface area contributed by atoms with Crippen LogP contribution in [0.1, 0.15) is 20.3 Å². The van der Waals surface area contributed by atoms with E-state index in [4.69, 9.17) is 6.42 Å². The summed E-state index contributed by atoms with van der Waals surface area (Å²) in [6, 6.07) is 0. The first kappa shape index (κ1) is 9.42. The smallest absolute Gasteiger partial charge is 0.132 e. The number of alkyl halides is 2. The summed E-state index contributed by atoms with van der Waals surface area (Å²) in [5.74, 6) is 2.17. The zero-order valence-electron chi connectivity index (χ0n) is 6.27. The average Bonchev–Trinajstić information content (AvgIpc) is 1.87. The molecule has 0 aliphatic heterocycles. The summed E-state index contributed by atoms with van der Waals surface area (Å²) in [5.41, 5.74) is 0. The molecule has 3 atom stereocenters. The molecule has 3 unspecified atom stereocenters. The van der Waals surface area contributed by atoms with Crippen molar-refractivity contribution in [2.45, 2.75) is 32.6 Å². The van der Waals surface area contributed by atoms with Gasteiger partial charge in [-0.3, -0.25) is 0 Å². The molecule has 0 N–H and O–H groups in total. The van der Waals surface area contributed by atoms with Crippen molar-refractivity contribution in [2.75, 3.05) is 0 Å². The van der Waals surface area contributed by atoms with Crippen LogP contribution < -0.4 is 0 Å². The zero-order chi connectivity index (χ0) is 8.15. The molecule has 0 radical (unpaired) electrons. The molecule has 0 spiro atoms. The van der Waals surface area contributed by atoms with Crippen LogP contribution in [0.5, 0.6) is 0 Å². The number of hydrogen-bond donors (Lipinski definition) is 0. The van der Waals surface area contributed by atoms with Crippen LogP contribution in [0.25, 0.3) is 0 Å². The van der Waals surface area contributed by atoms with Gasteiger partial charge in [0.05, 0.1) is 0 Å². The maximum Gasteiger partial charge on any atom is 0.132 e. The highest BCUT2D eigenvalue weighted by molar-refractivity contribution is 4.91. The van der Waals surface area contributed by atoms with Crippen LogP contribution in [0, 0.1) is 18.3 Å². The minimum absolute atomic E-state index is 0.119. The number of rotatable bonds is 3. The van der Waals surface area contributed by atoms with Gasteiger partial charge >= 0.3 is 0 Å². The van der Waals surface area contributed by atoms with Crippen molar-refractivity contribution in [3.63, 3.8) is 0 Å². The van der Waals surface area contributed by atoms with Crippen LogP contribution in [0.15, 0.2) is 0 Å². The summed E-state index contributed by atoms with van der Waals surface area (Å²) in [6.07, 6.45) is 2.28. The summed E-state index contributed by atoms with van der Waals surface area (Å²) >= 11 is 0. The quantitative estimate of drug-likeness (QED) is 0.536. The minimum Gasteiger partial charge on any atom is -0.245 e. The van der Waals surface area contributed by atoms with Crippen molar-refractivity contribution in [1.82, 2.24) is 0 Å². The Balaban J connectivity index is 3.59. The van der Waals surface area contributed by atoms with Crippen LogP contribution in [0.4, 0.5) is 8.78 Å². The van der Waals surface area contributed by atoms with Crippen molar-refractivity contribution < 1.29 is 8.78 Å². The van der Waals surface area contributed by atoms with Gasteiger partial charge in [-0.1, -0.05) is 6.92 Å². The maximum atomic E-state index is 12.5. The largest absolute Gasteiger partial charge is 0.245 e. The predicted octanol–water partition coefficient (Wildman–Crippen LogP) is 2.34. The highest BCUT2D eigenvalue weighted by atomic mass is 19.2. The van der Waals surface area contributed by atoms with Gasteiger partial charge in [-0.05, 0) is 13.3 Å². The fourth-order valence-corrected chi connectivity index (χ4v) is 0.593. The lowest BCUT2D eigenvalue weighted by atomic mass is 10.0. The zero-order valence-corrected chi connectivity index (χ0v) is 6.27. The number of hydrogen-bond acceptors (Lipinski definition) is 0. The van der Waals surface area contributed by atoms with E-state index in [1.807, 2.05) is 0 Å². The molecule has 58 valence electrons. The number of terminal acetylenes is 1. The Morgan fingerprint density at radius 3 is 2.20 bits per heavy atom. The van der Waals surface area contributed by atoms with Crippen LogP contribution in [0.3, 0.4) is 0 Å². The van der Waals surface area contributed by atoms with Gasteiger partial charge in [-0.15, -0.1) is 12.3 Å². The summed E-state index contributed by atoms with van der Waals surface area (Å²) in [7, 11) is 0. The maximum absolute atomic E-state index is 12.5. The number of halogens is 2. The molecule has 0 saturated carbocycles. The van der Waals surface area contributed by atoms with Gasteiger partial charge in [0.15, 0.2) is 0 Å². The standard InChI is InChI=1S/C8H12F2/c1-4-6(2)5-8(10)7(3)9/h1,6-8H,5H2,2-3H3. The average molecular weight is 146 g/mol. The molecule has 0 aromatic carbocycles. The molecule has 0 nitrogen and oxygen atoms in total. The Morgan fingerprint density at radius 2 is 1.90 bits per heavy atom. The Bertz CT molecular complexity index is 124. The van der Waals surface area contributed by atoms with Gasteiger partial charge in [0.25, 0.3) is 0 Å². The summed E-state index contributed by atoms with van der Waals surface area (Å²) in [5, 5.41) is 0. The van der Waals surface area contributed by atoms with Gasteiger partial charge in [0, 0.05) is 5.92 Å². The molecule has 0 heterocycles. The van der Waals surface area contributed by atoms with Crippen molar-refractivity contribution in [2.24, 2.45) is 5.92 Å². The fourth-order valence-electron chi connectivity index (χ4n) is 0.593. The van der Waals surface area contributed by atoms with E-state index < -0.39 is 12.3 Å². The van der Waals surface area contributed by atoms with Gasteiger partial charge < -0.3 is 0 Å². The topological polar surface area (TPSA) is 0 Å². The lowest BCUT2D eigenvalue weighted by molar-refractivity contribution is 0.163. The molecule has 0 aromatic rings. The Morgan fingerprint density at radius 1 is 1.40 bits per heavy atom. The first-order chi connectivity index (χ1) is 4.57. The van der Waals surface area contributed by atoms with E-state index >= 15 is 0 Å². The molecule has 0 aromatic heterocycles. The van der Waals surface area contributed by atoms with E-state index in [9.17, 15) is 8.78 Å². The minimum atomic E-state index is -1.41. The lowest BCUT2D eigenvalue weighted by Gasteiger charge is -2.10. The van der Waals surface area contributed by atoms with Gasteiger partial charge in [-0.2, -0.15) is 0 Å². The highest BCUT2D eigenvalue weighted by Crippen LogP contribution is 2.13. The van der Waals surface area contributed by atoms with Crippen LogP contribution in [-0.4, -0.2) is 12.3 Å². The predicted molar refractivity (Wildman–Crippen MR) is 38.1 cm³/mol. The molecule has 10 heavy (non-hydrogen) atoms. The van der Waals surface area contributed by atoms with Crippen LogP contribution in [0.2, 0.25) is 0 Å². The van der Waals surface area contributed by atoms with Gasteiger partial charge in [-0.25, -0.2) is 8.78 Å². The molecule has 0 amide bonds. The second-order valence-electron chi connectivity index (χ2n) is 2.50. The summed E-state index contributed by atoms with van der Waals surface area (Å²) in [4.78, 5) is 0. The van der Waals surface area contributed by atoms with Gasteiger partial charge in [0.2, 0.25) is 0 Å². The normalized spacial score (nSPS) is 19.1. The van der Waals surface area contributed by atoms with Crippen molar-refractivity contribution in [1.29, 1.82) is 0 Å². The van der Waals surface area contributed by atoms with E-state index in [0.717, 1.165) is 0 Å². The third-order valence-corrected chi connectivity index (χ3v) is 1.36. The summed E-state index contributed by atoms with van der Waals surface area (Å²) < 4.78 is 24.6. The monoisotopic (exact) mass is 146 g/mol. The van der Waals surface area contributed by atoms with Gasteiger partial charge in [0.1, 0.15) is 12.3 Å². The Labute approximate surface area is 60.6 Å².